The first-order valence-corrected chi connectivity index (χ1v) is 21.3. The molecule has 0 atom stereocenters. The summed E-state index contributed by atoms with van der Waals surface area (Å²) in [6, 6.07) is 72.6. The third kappa shape index (κ3) is 6.48. The second-order valence-electron chi connectivity index (χ2n) is 18.5. The molecule has 0 N–H and O–H groups in total. The zero-order valence-corrected chi connectivity index (χ0v) is 35.5. The average molecular weight is 771 g/mol. The number of hydrogen-bond donors (Lipinski definition) is 0. The molecule has 10 aromatic rings. The Hall–Kier alpha value is -6.76. The van der Waals surface area contributed by atoms with Gasteiger partial charge in [0, 0.05) is 0 Å². The summed E-state index contributed by atoms with van der Waals surface area (Å²) in [5.41, 5.74) is 15.5. The van der Waals surface area contributed by atoms with Gasteiger partial charge in [0.15, 0.2) is 0 Å². The van der Waals surface area contributed by atoms with Gasteiger partial charge in [-0.25, -0.2) is 0 Å². The summed E-state index contributed by atoms with van der Waals surface area (Å²) in [7, 11) is 0. The van der Waals surface area contributed by atoms with Crippen LogP contribution in [-0.2, 0) is 10.8 Å². The van der Waals surface area contributed by atoms with Crippen molar-refractivity contribution in [3.05, 3.63) is 205 Å². The highest BCUT2D eigenvalue weighted by atomic mass is 14.2. The molecule has 0 aliphatic rings. The highest BCUT2D eigenvalue weighted by Crippen LogP contribution is 2.45. The van der Waals surface area contributed by atoms with Crippen molar-refractivity contribution in [1.82, 2.24) is 0 Å². The number of benzene rings is 10. The van der Waals surface area contributed by atoms with E-state index in [-0.39, 0.29) is 10.8 Å². The highest BCUT2D eigenvalue weighted by Gasteiger charge is 2.19. The van der Waals surface area contributed by atoms with Crippen molar-refractivity contribution in [1.29, 1.82) is 0 Å². The van der Waals surface area contributed by atoms with Gasteiger partial charge in [0.25, 0.3) is 0 Å². The molecule has 10 rings (SSSR count). The van der Waals surface area contributed by atoms with Crippen LogP contribution in [0.25, 0.3) is 98.7 Å². The molecular formula is C60H50. The third-order valence-corrected chi connectivity index (χ3v) is 12.7. The van der Waals surface area contributed by atoms with Crippen molar-refractivity contribution >= 4 is 43.1 Å². The molecular weight excluding hydrogens is 721 g/mol. The van der Waals surface area contributed by atoms with Crippen LogP contribution in [0.4, 0.5) is 0 Å². The minimum atomic E-state index is 0.118. The molecule has 0 amide bonds. The van der Waals surface area contributed by atoms with Gasteiger partial charge >= 0.3 is 0 Å². The first-order chi connectivity index (χ1) is 29.0. The van der Waals surface area contributed by atoms with Gasteiger partial charge in [0.2, 0.25) is 0 Å². The van der Waals surface area contributed by atoms with Crippen LogP contribution in [-0.4, -0.2) is 0 Å². The van der Waals surface area contributed by atoms with E-state index in [1.54, 1.807) is 0 Å². The summed E-state index contributed by atoms with van der Waals surface area (Å²) in [6.45, 7) is 13.6. The first kappa shape index (κ1) is 37.5. The Labute approximate surface area is 354 Å². The largest absolute Gasteiger partial charge is 0.0616 e. The molecule has 0 spiro atoms. The van der Waals surface area contributed by atoms with E-state index < -0.39 is 0 Å². The van der Waals surface area contributed by atoms with Gasteiger partial charge < -0.3 is 0 Å². The van der Waals surface area contributed by atoms with Crippen LogP contribution in [0, 0.1) is 0 Å². The lowest BCUT2D eigenvalue weighted by Crippen LogP contribution is -2.10. The summed E-state index contributed by atoms with van der Waals surface area (Å²) < 4.78 is 0. The van der Waals surface area contributed by atoms with Crippen molar-refractivity contribution in [3.63, 3.8) is 0 Å². The molecule has 0 aliphatic heterocycles. The highest BCUT2D eigenvalue weighted by molar-refractivity contribution is 6.16. The van der Waals surface area contributed by atoms with E-state index >= 15 is 0 Å². The normalized spacial score (nSPS) is 12.2. The summed E-state index contributed by atoms with van der Waals surface area (Å²) in [5, 5.41) is 10.1. The van der Waals surface area contributed by atoms with E-state index in [1.807, 2.05) is 0 Å². The van der Waals surface area contributed by atoms with E-state index in [4.69, 9.17) is 0 Å². The predicted octanol–water partition coefficient (Wildman–Crippen LogP) is 17.2. The molecule has 60 heavy (non-hydrogen) atoms. The lowest BCUT2D eigenvalue weighted by molar-refractivity contribution is 0.590. The number of hydrogen-bond acceptors (Lipinski definition) is 0. The van der Waals surface area contributed by atoms with Crippen LogP contribution in [0.15, 0.2) is 194 Å². The SMILES string of the molecule is CC(C)(C)c1ccc(-c2ccc(-c3ccc(-c4ccc(-c5ccc(-c6ccc(C(C)(C)C)cc6)c6ccccc56)c5ccccc45)c4ccccc34)c3ccccc23)cc1. The molecule has 290 valence electrons. The Bertz CT molecular complexity index is 3010. The van der Waals surface area contributed by atoms with Gasteiger partial charge in [-0.05, 0) is 121 Å². The molecule has 0 heteroatoms. The van der Waals surface area contributed by atoms with Crippen LogP contribution in [0.3, 0.4) is 0 Å². The lowest BCUT2D eigenvalue weighted by Gasteiger charge is -2.20. The standard InChI is InChI=1S/C60H50/c1-59(2,3)41-27-23-39(24-28-41)43-31-33-53(47-17-9-7-15-45(43)47)55-35-37-57(51-21-13-11-19-49(51)55)58-38-36-56(50-20-12-14-22-52(50)58)54-34-32-44(46-16-8-10-18-48(46)54)40-25-29-42(30-26-40)60(4,5)6/h7-38H,1-6H3. The Kier molecular flexibility index (Phi) is 9.07. The average Bonchev–Trinajstić information content (AvgIpc) is 3.27. The molecule has 0 nitrogen and oxygen atoms in total. The Morgan fingerprint density at radius 2 is 0.383 bits per heavy atom. The van der Waals surface area contributed by atoms with Crippen molar-refractivity contribution in [2.75, 3.05) is 0 Å². The predicted molar refractivity (Wildman–Crippen MR) is 261 cm³/mol. The van der Waals surface area contributed by atoms with Gasteiger partial charge in [-0.2, -0.15) is 0 Å². The van der Waals surface area contributed by atoms with Crippen molar-refractivity contribution in [3.8, 4) is 55.6 Å². The summed E-state index contributed by atoms with van der Waals surface area (Å²) >= 11 is 0. The Balaban J connectivity index is 1.09. The molecule has 0 aliphatic carbocycles. The van der Waals surface area contributed by atoms with E-state index in [9.17, 15) is 0 Å². The van der Waals surface area contributed by atoms with Crippen molar-refractivity contribution < 1.29 is 0 Å². The van der Waals surface area contributed by atoms with E-state index in [0.717, 1.165) is 0 Å². The van der Waals surface area contributed by atoms with E-state index in [2.05, 4.69) is 236 Å². The molecule has 0 heterocycles. The minimum absolute atomic E-state index is 0.118. The third-order valence-electron chi connectivity index (χ3n) is 12.7. The molecule has 0 aromatic heterocycles. The lowest BCUT2D eigenvalue weighted by atomic mass is 9.84. The zero-order chi connectivity index (χ0) is 41.2. The van der Waals surface area contributed by atoms with E-state index in [0.29, 0.717) is 0 Å². The van der Waals surface area contributed by atoms with Crippen molar-refractivity contribution in [2.45, 2.75) is 52.4 Å². The summed E-state index contributed by atoms with van der Waals surface area (Å²) in [6.07, 6.45) is 0. The summed E-state index contributed by atoms with van der Waals surface area (Å²) in [4.78, 5) is 0. The van der Waals surface area contributed by atoms with Gasteiger partial charge in [0.05, 0.1) is 0 Å². The summed E-state index contributed by atoms with van der Waals surface area (Å²) in [5.74, 6) is 0. The van der Waals surface area contributed by atoms with Crippen molar-refractivity contribution in [2.24, 2.45) is 0 Å². The minimum Gasteiger partial charge on any atom is -0.0616 e. The van der Waals surface area contributed by atoms with Gasteiger partial charge in [-0.1, -0.05) is 236 Å². The van der Waals surface area contributed by atoms with E-state index in [1.165, 1.54) is 110 Å². The number of rotatable bonds is 5. The maximum atomic E-state index is 2.35. The van der Waals surface area contributed by atoms with Crippen LogP contribution >= 0.6 is 0 Å². The second kappa shape index (κ2) is 14.5. The fraction of sp³-hybridized carbons (Fsp3) is 0.133. The van der Waals surface area contributed by atoms with Gasteiger partial charge in [-0.15, -0.1) is 0 Å². The fourth-order valence-corrected chi connectivity index (χ4v) is 9.41. The second-order valence-corrected chi connectivity index (χ2v) is 18.5. The maximum absolute atomic E-state index is 2.35. The van der Waals surface area contributed by atoms with Crippen LogP contribution in [0.2, 0.25) is 0 Å². The first-order valence-electron chi connectivity index (χ1n) is 21.3. The maximum Gasteiger partial charge on any atom is -0.00987 e. The Morgan fingerprint density at radius 3 is 0.583 bits per heavy atom. The van der Waals surface area contributed by atoms with Crippen LogP contribution in [0.5, 0.6) is 0 Å². The molecule has 0 saturated carbocycles. The molecule has 0 saturated heterocycles. The van der Waals surface area contributed by atoms with Crippen LogP contribution in [0.1, 0.15) is 52.7 Å². The smallest absolute Gasteiger partial charge is 0.00987 e. The molecule has 0 unspecified atom stereocenters. The quantitative estimate of drug-likeness (QED) is 0.163. The van der Waals surface area contributed by atoms with Gasteiger partial charge in [-0.3, -0.25) is 0 Å². The van der Waals surface area contributed by atoms with Crippen LogP contribution < -0.4 is 0 Å². The Morgan fingerprint density at radius 1 is 0.200 bits per heavy atom. The monoisotopic (exact) mass is 770 g/mol. The fourth-order valence-electron chi connectivity index (χ4n) is 9.41. The zero-order valence-electron chi connectivity index (χ0n) is 35.5. The molecule has 0 fully saturated rings. The molecule has 0 radical (unpaired) electrons. The molecule has 0 bridgehead atoms. The molecule has 10 aromatic carbocycles. The number of fused-ring (bicyclic) bond motifs is 4. The topological polar surface area (TPSA) is 0 Å². The van der Waals surface area contributed by atoms with Gasteiger partial charge in [0.1, 0.15) is 0 Å².